The molecule has 0 aliphatic heterocycles. The second-order valence-corrected chi connectivity index (χ2v) is 14.1. The van der Waals surface area contributed by atoms with Crippen LogP contribution in [0.15, 0.2) is 158 Å². The van der Waals surface area contributed by atoms with Gasteiger partial charge in [-0.2, -0.15) is 0 Å². The van der Waals surface area contributed by atoms with Crippen molar-refractivity contribution in [2.75, 3.05) is 0 Å². The van der Waals surface area contributed by atoms with Crippen LogP contribution < -0.4 is 0 Å². The molecule has 0 nitrogen and oxygen atoms in total. The lowest BCUT2D eigenvalue weighted by Crippen LogP contribution is -1.91. The molecule has 0 radical (unpaired) electrons. The average molecular weight is 619 g/mol. The van der Waals surface area contributed by atoms with E-state index in [0.717, 1.165) is 0 Å². The predicted molar refractivity (Wildman–Crippen MR) is 204 cm³/mol. The highest BCUT2D eigenvalue weighted by atomic mass is 32.1. The predicted octanol–water partition coefficient (Wildman–Crippen LogP) is 13.7. The normalized spacial score (nSPS) is 11.9. The van der Waals surface area contributed by atoms with Crippen LogP contribution in [0.5, 0.6) is 0 Å². The van der Waals surface area contributed by atoms with E-state index in [1.165, 1.54) is 95.3 Å². The molecule has 10 aromatic rings. The van der Waals surface area contributed by atoms with Crippen molar-refractivity contribution in [3.63, 3.8) is 0 Å². The van der Waals surface area contributed by atoms with E-state index in [4.69, 9.17) is 0 Å². The zero-order chi connectivity index (χ0) is 30.2. The summed E-state index contributed by atoms with van der Waals surface area (Å²) in [6.45, 7) is 0. The maximum absolute atomic E-state index is 2.44. The molecule has 2 aromatic heterocycles. The largest absolute Gasteiger partial charge is 0.134 e. The van der Waals surface area contributed by atoms with Crippen LogP contribution in [0.25, 0.3) is 95.3 Å². The standard InChI is InChI=1S/C44H26S2/c1-2-13-27(14-3-1)40-32-19-4-6-21-34(32)41(35-22-7-5-20-33(35)40)28-15-12-16-29(25-28)42-43-36(30-17-8-10-23-38(30)45-43)26-37-31-18-9-11-24-39(31)46-44(37)42/h1-26H. The number of fused-ring (bicyclic) bond motifs is 8. The van der Waals surface area contributed by atoms with E-state index in [0.29, 0.717) is 0 Å². The van der Waals surface area contributed by atoms with Gasteiger partial charge in [0.2, 0.25) is 0 Å². The van der Waals surface area contributed by atoms with Gasteiger partial charge >= 0.3 is 0 Å². The second-order valence-electron chi connectivity index (χ2n) is 12.0. The van der Waals surface area contributed by atoms with Gasteiger partial charge in [0.1, 0.15) is 0 Å². The van der Waals surface area contributed by atoms with Gasteiger partial charge in [-0.25, -0.2) is 0 Å². The van der Waals surface area contributed by atoms with Gasteiger partial charge in [-0.1, -0.05) is 133 Å². The molecule has 0 saturated carbocycles. The molecule has 0 atom stereocenters. The molecule has 8 aromatic carbocycles. The molecule has 0 aliphatic carbocycles. The topological polar surface area (TPSA) is 0 Å². The molecular formula is C44H26S2. The summed E-state index contributed by atoms with van der Waals surface area (Å²) >= 11 is 3.84. The summed E-state index contributed by atoms with van der Waals surface area (Å²) in [5.41, 5.74) is 7.71. The molecule has 2 heterocycles. The molecule has 0 fully saturated rings. The Balaban J connectivity index is 1.31. The average Bonchev–Trinajstić information content (AvgIpc) is 3.68. The van der Waals surface area contributed by atoms with Crippen molar-refractivity contribution >= 4 is 84.6 Å². The van der Waals surface area contributed by atoms with Gasteiger partial charge in [0.25, 0.3) is 0 Å². The third-order valence-electron chi connectivity index (χ3n) is 9.44. The SMILES string of the molecule is c1ccc(-c2c3ccccc3c(-c3cccc(-c4c5sc6ccccc6c5cc5c4sc4ccccc45)c3)c3ccccc23)cc1. The molecule has 46 heavy (non-hydrogen) atoms. The maximum Gasteiger partial charge on any atom is 0.0448 e. The zero-order valence-corrected chi connectivity index (χ0v) is 26.5. The summed E-state index contributed by atoms with van der Waals surface area (Å²) in [4.78, 5) is 0. The Kier molecular flexibility index (Phi) is 5.72. The Morgan fingerprint density at radius 3 is 1.17 bits per heavy atom. The monoisotopic (exact) mass is 618 g/mol. The number of hydrogen-bond donors (Lipinski definition) is 0. The highest BCUT2D eigenvalue weighted by molar-refractivity contribution is 7.29. The smallest absolute Gasteiger partial charge is 0.0448 e. The Bertz CT molecular complexity index is 2650. The lowest BCUT2D eigenvalue weighted by molar-refractivity contribution is 1.65. The Morgan fingerprint density at radius 1 is 0.261 bits per heavy atom. The van der Waals surface area contributed by atoms with Gasteiger partial charge in [0, 0.05) is 45.9 Å². The van der Waals surface area contributed by atoms with E-state index in [-0.39, 0.29) is 0 Å². The van der Waals surface area contributed by atoms with Crippen molar-refractivity contribution in [2.45, 2.75) is 0 Å². The summed E-state index contributed by atoms with van der Waals surface area (Å²) in [6, 6.07) is 58.2. The minimum atomic E-state index is 1.25. The molecule has 10 rings (SSSR count). The maximum atomic E-state index is 2.44. The summed E-state index contributed by atoms with van der Waals surface area (Å²) in [5, 5.41) is 10.5. The highest BCUT2D eigenvalue weighted by Crippen LogP contribution is 2.50. The van der Waals surface area contributed by atoms with Gasteiger partial charge in [-0.15, -0.1) is 22.7 Å². The van der Waals surface area contributed by atoms with E-state index in [1.54, 1.807) is 0 Å². The van der Waals surface area contributed by atoms with Crippen molar-refractivity contribution in [1.29, 1.82) is 0 Å². The number of benzene rings is 8. The summed E-state index contributed by atoms with van der Waals surface area (Å²) in [7, 11) is 0. The quantitative estimate of drug-likeness (QED) is 0.173. The van der Waals surface area contributed by atoms with E-state index in [9.17, 15) is 0 Å². The molecule has 0 aliphatic rings. The molecule has 0 bridgehead atoms. The van der Waals surface area contributed by atoms with Gasteiger partial charge in [0.15, 0.2) is 0 Å². The Morgan fingerprint density at radius 2 is 0.652 bits per heavy atom. The first-order valence-electron chi connectivity index (χ1n) is 15.7. The van der Waals surface area contributed by atoms with Crippen molar-refractivity contribution in [3.8, 4) is 33.4 Å². The van der Waals surface area contributed by atoms with Crippen molar-refractivity contribution in [2.24, 2.45) is 0 Å². The fraction of sp³-hybridized carbons (Fsp3) is 0. The fourth-order valence-corrected chi connectivity index (χ4v) is 10.1. The third-order valence-corrected chi connectivity index (χ3v) is 11.9. The van der Waals surface area contributed by atoms with Crippen LogP contribution in [0.1, 0.15) is 0 Å². The lowest BCUT2D eigenvalue weighted by Gasteiger charge is -2.18. The van der Waals surface area contributed by atoms with E-state index >= 15 is 0 Å². The minimum Gasteiger partial charge on any atom is -0.134 e. The van der Waals surface area contributed by atoms with Gasteiger partial charge in [-0.05, 0) is 73.6 Å². The molecule has 0 amide bonds. The first-order valence-corrected chi connectivity index (χ1v) is 17.3. The number of hydrogen-bond acceptors (Lipinski definition) is 2. The van der Waals surface area contributed by atoms with Crippen molar-refractivity contribution in [3.05, 3.63) is 158 Å². The lowest BCUT2D eigenvalue weighted by atomic mass is 9.85. The van der Waals surface area contributed by atoms with E-state index < -0.39 is 0 Å². The van der Waals surface area contributed by atoms with Crippen LogP contribution in [0.2, 0.25) is 0 Å². The highest BCUT2D eigenvalue weighted by Gasteiger charge is 2.20. The molecule has 0 unspecified atom stereocenters. The first-order chi connectivity index (χ1) is 22.8. The van der Waals surface area contributed by atoms with Gasteiger partial charge < -0.3 is 0 Å². The Hall–Kier alpha value is -5.28. The summed E-state index contributed by atoms with van der Waals surface area (Å²) in [5.74, 6) is 0. The summed E-state index contributed by atoms with van der Waals surface area (Å²) in [6.07, 6.45) is 0. The molecular weight excluding hydrogens is 593 g/mol. The van der Waals surface area contributed by atoms with Gasteiger partial charge in [0.05, 0.1) is 0 Å². The molecule has 0 saturated heterocycles. The van der Waals surface area contributed by atoms with Crippen molar-refractivity contribution < 1.29 is 0 Å². The van der Waals surface area contributed by atoms with E-state index in [1.807, 2.05) is 22.7 Å². The van der Waals surface area contributed by atoms with Crippen LogP contribution in [0, 0.1) is 0 Å². The molecule has 0 N–H and O–H groups in total. The van der Waals surface area contributed by atoms with Crippen LogP contribution >= 0.6 is 22.7 Å². The minimum absolute atomic E-state index is 1.25. The van der Waals surface area contributed by atoms with Crippen LogP contribution in [-0.4, -0.2) is 0 Å². The van der Waals surface area contributed by atoms with Crippen LogP contribution in [0.4, 0.5) is 0 Å². The number of thiophene rings is 2. The molecule has 214 valence electrons. The molecule has 0 spiro atoms. The van der Waals surface area contributed by atoms with Gasteiger partial charge in [-0.3, -0.25) is 0 Å². The zero-order valence-electron chi connectivity index (χ0n) is 24.8. The number of rotatable bonds is 3. The van der Waals surface area contributed by atoms with E-state index in [2.05, 4.69) is 158 Å². The van der Waals surface area contributed by atoms with Crippen LogP contribution in [0.3, 0.4) is 0 Å². The summed E-state index contributed by atoms with van der Waals surface area (Å²) < 4.78 is 5.41. The fourth-order valence-electron chi connectivity index (χ4n) is 7.48. The molecule has 2 heteroatoms. The second kappa shape index (κ2) is 10.1. The Labute approximate surface area is 274 Å². The third kappa shape index (κ3) is 3.78. The first kappa shape index (κ1) is 26.0. The van der Waals surface area contributed by atoms with Crippen LogP contribution in [-0.2, 0) is 0 Å². The van der Waals surface area contributed by atoms with Crippen molar-refractivity contribution in [1.82, 2.24) is 0 Å².